The first-order chi connectivity index (χ1) is 10.0. The van der Waals surface area contributed by atoms with Crippen molar-refractivity contribution < 1.29 is 23.0 Å². The maximum absolute atomic E-state index is 14.2. The molecular weight excluding hydrogens is 321 g/mol. The number of rotatable bonds is 5. The molecule has 0 saturated carbocycles. The molecule has 0 aromatic heterocycles. The summed E-state index contributed by atoms with van der Waals surface area (Å²) in [5, 5.41) is 12.1. The fraction of sp³-hybridized carbons (Fsp3) is 0.571. The summed E-state index contributed by atoms with van der Waals surface area (Å²) >= 11 is 0. The number of piperazine rings is 1. The molecule has 1 atom stereocenters. The van der Waals surface area contributed by atoms with Gasteiger partial charge in [-0.05, 0) is 12.1 Å². The Labute approximate surface area is 133 Å². The van der Waals surface area contributed by atoms with Crippen LogP contribution in [0.5, 0.6) is 5.75 Å². The van der Waals surface area contributed by atoms with E-state index < -0.39 is 24.4 Å². The van der Waals surface area contributed by atoms with Gasteiger partial charge in [-0.1, -0.05) is 6.07 Å². The van der Waals surface area contributed by atoms with Crippen LogP contribution in [0.2, 0.25) is 0 Å². The molecule has 1 fully saturated rings. The molecule has 0 aliphatic carbocycles. The molecule has 1 heterocycles. The third kappa shape index (κ3) is 3.84. The highest BCUT2D eigenvalue weighted by Crippen LogP contribution is 2.41. The van der Waals surface area contributed by atoms with Gasteiger partial charge in [-0.15, -0.1) is 12.4 Å². The molecule has 0 radical (unpaired) electrons. The molecule has 1 aromatic rings. The van der Waals surface area contributed by atoms with Crippen molar-refractivity contribution in [3.63, 3.8) is 0 Å². The normalized spacial score (nSPS) is 17.7. The van der Waals surface area contributed by atoms with Gasteiger partial charge in [-0.2, -0.15) is 0 Å². The van der Waals surface area contributed by atoms with Crippen LogP contribution in [0.15, 0.2) is 18.2 Å². The molecular formula is C14H20ClF3N2O2. The number of methoxy groups -OCH3 is 1. The molecule has 0 amide bonds. The van der Waals surface area contributed by atoms with Crippen LogP contribution in [-0.2, 0) is 0 Å². The first-order valence-corrected chi connectivity index (χ1v) is 6.77. The minimum absolute atomic E-state index is 0. The maximum Gasteiger partial charge on any atom is 0.290 e. The maximum atomic E-state index is 14.2. The van der Waals surface area contributed by atoms with E-state index >= 15 is 0 Å². The standard InChI is InChI=1S/C14H19F3N2O2.ClH/c1-21-11-4-2-3-10(15)12(11)13(14(16,17)9-20)19-7-5-18-6-8-19;/h2-4,13,18,20H,5-9H2,1H3;1H/t13-;/m0./s1. The molecule has 126 valence electrons. The number of benzene rings is 1. The number of alkyl halides is 2. The lowest BCUT2D eigenvalue weighted by atomic mass is 9.96. The zero-order chi connectivity index (χ0) is 15.5. The van der Waals surface area contributed by atoms with Crippen molar-refractivity contribution in [2.75, 3.05) is 39.9 Å². The zero-order valence-electron chi connectivity index (χ0n) is 12.2. The molecule has 0 bridgehead atoms. The molecule has 1 aromatic carbocycles. The Hall–Kier alpha value is -1.02. The predicted octanol–water partition coefficient (Wildman–Crippen LogP) is 1.83. The molecule has 1 saturated heterocycles. The summed E-state index contributed by atoms with van der Waals surface area (Å²) in [5.41, 5.74) is -0.207. The quantitative estimate of drug-likeness (QED) is 0.858. The molecule has 4 nitrogen and oxygen atoms in total. The minimum Gasteiger partial charge on any atom is -0.496 e. The fourth-order valence-corrected chi connectivity index (χ4v) is 2.65. The van der Waals surface area contributed by atoms with Crippen LogP contribution in [0.1, 0.15) is 11.6 Å². The number of aliphatic hydroxyl groups is 1. The molecule has 2 N–H and O–H groups in total. The van der Waals surface area contributed by atoms with Crippen LogP contribution in [0, 0.1) is 5.82 Å². The van der Waals surface area contributed by atoms with E-state index in [-0.39, 0.29) is 23.7 Å². The number of hydrogen-bond acceptors (Lipinski definition) is 4. The van der Waals surface area contributed by atoms with E-state index in [9.17, 15) is 13.2 Å². The smallest absolute Gasteiger partial charge is 0.290 e. The van der Waals surface area contributed by atoms with E-state index in [0.29, 0.717) is 26.2 Å². The van der Waals surface area contributed by atoms with E-state index in [1.807, 2.05) is 0 Å². The summed E-state index contributed by atoms with van der Waals surface area (Å²) < 4.78 is 47.7. The van der Waals surface area contributed by atoms with Crippen molar-refractivity contribution in [2.24, 2.45) is 0 Å². The lowest BCUT2D eigenvalue weighted by molar-refractivity contribution is -0.120. The summed E-state index contributed by atoms with van der Waals surface area (Å²) in [5.74, 6) is -4.16. The molecule has 22 heavy (non-hydrogen) atoms. The summed E-state index contributed by atoms with van der Waals surface area (Å²) in [6, 6.07) is 2.42. The minimum atomic E-state index is -3.47. The first kappa shape index (κ1) is 19.0. The Bertz CT molecular complexity index is 485. The van der Waals surface area contributed by atoms with E-state index in [0.717, 1.165) is 6.07 Å². The van der Waals surface area contributed by atoms with Crippen LogP contribution in [-0.4, -0.2) is 55.8 Å². The van der Waals surface area contributed by atoms with E-state index in [4.69, 9.17) is 9.84 Å². The van der Waals surface area contributed by atoms with Gasteiger partial charge in [0.05, 0.1) is 12.7 Å². The Morgan fingerprint density at radius 3 is 2.55 bits per heavy atom. The SMILES string of the molecule is COc1cccc(F)c1[C@H](N1CCNCC1)C(F)(F)CO.Cl. The van der Waals surface area contributed by atoms with Crippen molar-refractivity contribution >= 4 is 12.4 Å². The van der Waals surface area contributed by atoms with Gasteiger partial charge in [-0.3, -0.25) is 4.90 Å². The van der Waals surface area contributed by atoms with E-state index in [1.165, 1.54) is 24.1 Å². The van der Waals surface area contributed by atoms with Gasteiger partial charge in [0.2, 0.25) is 0 Å². The third-order valence-electron chi connectivity index (χ3n) is 3.63. The van der Waals surface area contributed by atoms with Crippen molar-refractivity contribution in [3.8, 4) is 5.75 Å². The number of halogens is 4. The summed E-state index contributed by atoms with van der Waals surface area (Å²) in [6.07, 6.45) is 0. The average molecular weight is 341 g/mol. The third-order valence-corrected chi connectivity index (χ3v) is 3.63. The average Bonchev–Trinajstić information content (AvgIpc) is 2.50. The highest BCUT2D eigenvalue weighted by molar-refractivity contribution is 5.85. The van der Waals surface area contributed by atoms with Gasteiger partial charge in [0.1, 0.15) is 24.2 Å². The highest BCUT2D eigenvalue weighted by atomic mass is 35.5. The topological polar surface area (TPSA) is 44.7 Å². The molecule has 8 heteroatoms. The second-order valence-corrected chi connectivity index (χ2v) is 4.96. The van der Waals surface area contributed by atoms with E-state index in [1.54, 1.807) is 0 Å². The number of nitrogens with zero attached hydrogens (tertiary/aromatic N) is 1. The summed E-state index contributed by atoms with van der Waals surface area (Å²) in [4.78, 5) is 1.48. The van der Waals surface area contributed by atoms with Gasteiger partial charge in [-0.25, -0.2) is 13.2 Å². The number of hydrogen-bond donors (Lipinski definition) is 2. The number of nitrogens with one attached hydrogen (secondary N) is 1. The molecule has 1 aliphatic rings. The van der Waals surface area contributed by atoms with Crippen molar-refractivity contribution in [3.05, 3.63) is 29.6 Å². The second-order valence-electron chi connectivity index (χ2n) is 4.96. The molecule has 0 spiro atoms. The van der Waals surface area contributed by atoms with Gasteiger partial charge in [0.25, 0.3) is 5.92 Å². The first-order valence-electron chi connectivity index (χ1n) is 6.77. The molecule has 2 rings (SSSR count). The van der Waals surface area contributed by atoms with Gasteiger partial charge >= 0.3 is 0 Å². The largest absolute Gasteiger partial charge is 0.496 e. The predicted molar refractivity (Wildman–Crippen MR) is 79.4 cm³/mol. The fourth-order valence-electron chi connectivity index (χ4n) is 2.65. The Kier molecular flexibility index (Phi) is 6.93. The highest BCUT2D eigenvalue weighted by Gasteiger charge is 2.46. The van der Waals surface area contributed by atoms with Crippen molar-refractivity contribution in [2.45, 2.75) is 12.0 Å². The monoisotopic (exact) mass is 340 g/mol. The number of ether oxygens (including phenoxy) is 1. The van der Waals surface area contributed by atoms with Crippen molar-refractivity contribution in [1.82, 2.24) is 10.2 Å². The van der Waals surface area contributed by atoms with Crippen LogP contribution in [0.25, 0.3) is 0 Å². The van der Waals surface area contributed by atoms with Crippen LogP contribution < -0.4 is 10.1 Å². The molecule has 1 aliphatic heterocycles. The molecule has 0 unspecified atom stereocenters. The van der Waals surface area contributed by atoms with Crippen LogP contribution in [0.3, 0.4) is 0 Å². The second kappa shape index (κ2) is 8.01. The van der Waals surface area contributed by atoms with Crippen LogP contribution >= 0.6 is 12.4 Å². The summed E-state index contributed by atoms with van der Waals surface area (Å²) in [7, 11) is 1.31. The zero-order valence-corrected chi connectivity index (χ0v) is 13.0. The van der Waals surface area contributed by atoms with E-state index in [2.05, 4.69) is 5.32 Å². The lowest BCUT2D eigenvalue weighted by Crippen LogP contribution is -2.51. The summed E-state index contributed by atoms with van der Waals surface area (Å²) in [6.45, 7) is 0.415. The van der Waals surface area contributed by atoms with Gasteiger partial charge < -0.3 is 15.2 Å². The van der Waals surface area contributed by atoms with Gasteiger partial charge in [0.15, 0.2) is 0 Å². The number of aliphatic hydroxyl groups excluding tert-OH is 1. The Morgan fingerprint density at radius 2 is 2.00 bits per heavy atom. The Balaban J connectivity index is 0.00000242. The van der Waals surface area contributed by atoms with Crippen LogP contribution in [0.4, 0.5) is 13.2 Å². The van der Waals surface area contributed by atoms with Gasteiger partial charge in [0, 0.05) is 26.2 Å². The Morgan fingerprint density at radius 1 is 1.36 bits per heavy atom. The lowest BCUT2D eigenvalue weighted by Gasteiger charge is -2.39. The van der Waals surface area contributed by atoms with Crippen molar-refractivity contribution in [1.29, 1.82) is 0 Å².